The number of hydrogen-bond donors (Lipinski definition) is 2. The van der Waals surface area contributed by atoms with Gasteiger partial charge >= 0.3 is 0 Å². The van der Waals surface area contributed by atoms with Crippen molar-refractivity contribution in [3.8, 4) is 0 Å². The van der Waals surface area contributed by atoms with E-state index >= 15 is 0 Å². The van der Waals surface area contributed by atoms with Gasteiger partial charge in [0.15, 0.2) is 0 Å². The van der Waals surface area contributed by atoms with E-state index in [1.807, 2.05) is 24.3 Å². The van der Waals surface area contributed by atoms with E-state index in [1.54, 1.807) is 11.8 Å². The summed E-state index contributed by atoms with van der Waals surface area (Å²) < 4.78 is 5.37. The first-order valence-corrected chi connectivity index (χ1v) is 7.60. The van der Waals surface area contributed by atoms with Gasteiger partial charge in [-0.25, -0.2) is 0 Å². The molecular weight excluding hydrogens is 284 g/mol. The number of ether oxygens (including phenoxy) is 1. The smallest absolute Gasteiger partial charge is 0.250 e. The third-order valence-corrected chi connectivity index (χ3v) is 3.97. The van der Waals surface area contributed by atoms with E-state index < -0.39 is 0 Å². The fourth-order valence-electron chi connectivity index (χ4n) is 1.72. The molecule has 1 atom stereocenters. The lowest BCUT2D eigenvalue weighted by molar-refractivity contribution is -0.134. The maximum absolute atomic E-state index is 11.8. The van der Waals surface area contributed by atoms with E-state index in [0.29, 0.717) is 19.7 Å². The predicted molar refractivity (Wildman–Crippen MR) is 77.8 cm³/mol. The highest BCUT2D eigenvalue weighted by atomic mass is 35.5. The van der Waals surface area contributed by atoms with Crippen molar-refractivity contribution < 1.29 is 9.53 Å². The maximum atomic E-state index is 11.8. The number of nitrogens with one attached hydrogen (secondary N) is 2. The number of halogens is 1. The third kappa shape index (κ3) is 5.03. The second-order valence-corrected chi connectivity index (χ2v) is 5.76. The van der Waals surface area contributed by atoms with Gasteiger partial charge in [0.1, 0.15) is 6.10 Å². The van der Waals surface area contributed by atoms with E-state index in [0.717, 1.165) is 22.2 Å². The van der Waals surface area contributed by atoms with Crippen molar-refractivity contribution in [2.45, 2.75) is 11.0 Å². The molecule has 2 N–H and O–H groups in total. The molecule has 0 aliphatic carbocycles. The molecule has 1 aromatic carbocycles. The van der Waals surface area contributed by atoms with Gasteiger partial charge in [0.2, 0.25) is 5.91 Å². The molecule has 0 saturated carbocycles. The topological polar surface area (TPSA) is 50.4 Å². The molecule has 1 saturated heterocycles. The lowest BCUT2D eigenvalue weighted by atomic mass is 10.3. The summed E-state index contributed by atoms with van der Waals surface area (Å²) in [5.74, 6) is 0.789. The number of benzene rings is 1. The summed E-state index contributed by atoms with van der Waals surface area (Å²) in [5.41, 5.74) is 0. The van der Waals surface area contributed by atoms with Gasteiger partial charge in [-0.3, -0.25) is 4.79 Å². The van der Waals surface area contributed by atoms with Crippen LogP contribution in [-0.4, -0.2) is 44.0 Å². The van der Waals surface area contributed by atoms with Gasteiger partial charge in [0.05, 0.1) is 6.61 Å². The summed E-state index contributed by atoms with van der Waals surface area (Å²) in [7, 11) is 0. The second kappa shape index (κ2) is 7.75. The lowest BCUT2D eigenvalue weighted by Gasteiger charge is -2.22. The van der Waals surface area contributed by atoms with Crippen LogP contribution < -0.4 is 10.6 Å². The van der Waals surface area contributed by atoms with Crippen LogP contribution in [0.3, 0.4) is 0 Å². The van der Waals surface area contributed by atoms with Crippen LogP contribution >= 0.6 is 23.4 Å². The number of thioether (sulfide) groups is 1. The molecule has 0 bridgehead atoms. The van der Waals surface area contributed by atoms with Crippen molar-refractivity contribution in [2.24, 2.45) is 0 Å². The molecular formula is C13H17ClN2O2S. The van der Waals surface area contributed by atoms with Crippen molar-refractivity contribution in [2.75, 3.05) is 32.0 Å². The molecule has 2 rings (SSSR count). The molecule has 1 aliphatic rings. The summed E-state index contributed by atoms with van der Waals surface area (Å²) in [6.45, 7) is 2.63. The fraction of sp³-hybridized carbons (Fsp3) is 0.462. The standard InChI is InChI=1S/C13H17ClN2O2S/c14-10-1-3-11(4-2-10)19-8-6-16-13(17)12-9-15-5-7-18-12/h1-4,12,15H,5-9H2,(H,16,17). The SMILES string of the molecule is O=C(NCCSc1ccc(Cl)cc1)C1CNCCO1. The van der Waals surface area contributed by atoms with Crippen molar-refractivity contribution in [3.63, 3.8) is 0 Å². The molecule has 1 amide bonds. The van der Waals surface area contributed by atoms with Gasteiger partial charge < -0.3 is 15.4 Å². The first-order valence-electron chi connectivity index (χ1n) is 6.24. The van der Waals surface area contributed by atoms with E-state index in [2.05, 4.69) is 10.6 Å². The Morgan fingerprint density at radius 3 is 2.95 bits per heavy atom. The average molecular weight is 301 g/mol. The summed E-state index contributed by atoms with van der Waals surface area (Å²) in [4.78, 5) is 12.9. The molecule has 0 spiro atoms. The van der Waals surface area contributed by atoms with Crippen molar-refractivity contribution >= 4 is 29.3 Å². The van der Waals surface area contributed by atoms with Gasteiger partial charge in [0, 0.05) is 35.3 Å². The van der Waals surface area contributed by atoms with Crippen LogP contribution in [0.5, 0.6) is 0 Å². The molecule has 104 valence electrons. The summed E-state index contributed by atoms with van der Waals surface area (Å²) in [6, 6.07) is 7.68. The highest BCUT2D eigenvalue weighted by Gasteiger charge is 2.20. The maximum Gasteiger partial charge on any atom is 0.250 e. The van der Waals surface area contributed by atoms with E-state index in [4.69, 9.17) is 16.3 Å². The van der Waals surface area contributed by atoms with Crippen LogP contribution in [0.2, 0.25) is 5.02 Å². The Balaban J connectivity index is 1.63. The Morgan fingerprint density at radius 1 is 1.47 bits per heavy atom. The van der Waals surface area contributed by atoms with Crippen molar-refractivity contribution in [3.05, 3.63) is 29.3 Å². The van der Waals surface area contributed by atoms with Gasteiger partial charge in [-0.1, -0.05) is 11.6 Å². The molecule has 1 aliphatic heterocycles. The molecule has 0 radical (unpaired) electrons. The molecule has 1 aromatic rings. The van der Waals surface area contributed by atoms with E-state index in [-0.39, 0.29) is 12.0 Å². The second-order valence-electron chi connectivity index (χ2n) is 4.16. The summed E-state index contributed by atoms with van der Waals surface area (Å²) in [6.07, 6.45) is -0.353. The monoisotopic (exact) mass is 300 g/mol. The number of rotatable bonds is 5. The molecule has 0 aromatic heterocycles. The van der Waals surface area contributed by atoms with Crippen molar-refractivity contribution in [1.82, 2.24) is 10.6 Å². The lowest BCUT2D eigenvalue weighted by Crippen LogP contribution is -2.48. The van der Waals surface area contributed by atoms with Crippen LogP contribution in [0.15, 0.2) is 29.2 Å². The fourth-order valence-corrected chi connectivity index (χ4v) is 2.62. The zero-order valence-electron chi connectivity index (χ0n) is 10.5. The van der Waals surface area contributed by atoms with Crippen LogP contribution in [0.4, 0.5) is 0 Å². The van der Waals surface area contributed by atoms with Crippen LogP contribution in [-0.2, 0) is 9.53 Å². The van der Waals surface area contributed by atoms with Crippen molar-refractivity contribution in [1.29, 1.82) is 0 Å². The van der Waals surface area contributed by atoms with Crippen LogP contribution in [0, 0.1) is 0 Å². The minimum absolute atomic E-state index is 0.0380. The minimum atomic E-state index is -0.353. The van der Waals surface area contributed by atoms with Gasteiger partial charge in [-0.2, -0.15) is 0 Å². The first-order chi connectivity index (χ1) is 9.25. The number of morpholine rings is 1. The molecule has 19 heavy (non-hydrogen) atoms. The summed E-state index contributed by atoms with van der Waals surface area (Å²) in [5, 5.41) is 6.75. The normalized spacial score (nSPS) is 19.1. The molecule has 1 heterocycles. The molecule has 4 nitrogen and oxygen atoms in total. The van der Waals surface area contributed by atoms with Gasteiger partial charge in [-0.05, 0) is 24.3 Å². The van der Waals surface area contributed by atoms with Crippen LogP contribution in [0.25, 0.3) is 0 Å². The quantitative estimate of drug-likeness (QED) is 0.640. The Hall–Kier alpha value is -0.750. The van der Waals surface area contributed by atoms with Gasteiger partial charge in [-0.15, -0.1) is 11.8 Å². The third-order valence-electron chi connectivity index (χ3n) is 2.70. The Labute approximate surface area is 122 Å². The highest BCUT2D eigenvalue weighted by molar-refractivity contribution is 7.99. The van der Waals surface area contributed by atoms with Gasteiger partial charge in [0.25, 0.3) is 0 Å². The van der Waals surface area contributed by atoms with E-state index in [1.165, 1.54) is 0 Å². The number of carbonyl (C=O) groups is 1. The predicted octanol–water partition coefficient (Wildman–Crippen LogP) is 1.54. The Kier molecular flexibility index (Phi) is 5.97. The van der Waals surface area contributed by atoms with Crippen LogP contribution in [0.1, 0.15) is 0 Å². The molecule has 1 unspecified atom stereocenters. The zero-order valence-corrected chi connectivity index (χ0v) is 12.1. The molecule has 1 fully saturated rings. The zero-order chi connectivity index (χ0) is 13.5. The Bertz CT molecular complexity index is 408. The summed E-state index contributed by atoms with van der Waals surface area (Å²) >= 11 is 7.50. The van der Waals surface area contributed by atoms with E-state index in [9.17, 15) is 4.79 Å². The highest BCUT2D eigenvalue weighted by Crippen LogP contribution is 2.19. The Morgan fingerprint density at radius 2 is 2.26 bits per heavy atom. The number of carbonyl (C=O) groups excluding carboxylic acids is 1. The first kappa shape index (κ1) is 14.7. The number of hydrogen-bond acceptors (Lipinski definition) is 4. The molecule has 6 heteroatoms. The minimum Gasteiger partial charge on any atom is -0.366 e. The largest absolute Gasteiger partial charge is 0.366 e. The average Bonchev–Trinajstić information content (AvgIpc) is 2.46. The number of amides is 1.